The standard InChI is InChI=1S/C19H20FN5O2/c1-27-17-4-7-21-19(23-17)24-8-5-13(6-9-24)11-25-12-22-16-10-14(20)2-3-15(16)18(25)26/h2-4,7,10,12-13H,5-6,8-9,11H2,1H3. The molecule has 1 fully saturated rings. The number of fused-ring (bicyclic) bond motifs is 1. The second-order valence-corrected chi connectivity index (χ2v) is 6.69. The Morgan fingerprint density at radius 2 is 2.04 bits per heavy atom. The molecule has 0 aliphatic carbocycles. The average Bonchev–Trinajstić information content (AvgIpc) is 2.70. The lowest BCUT2D eigenvalue weighted by molar-refractivity contribution is 0.348. The van der Waals surface area contributed by atoms with Crippen LogP contribution in [0.4, 0.5) is 10.3 Å². The van der Waals surface area contributed by atoms with E-state index in [-0.39, 0.29) is 11.4 Å². The van der Waals surface area contributed by atoms with E-state index in [0.717, 1.165) is 25.9 Å². The molecule has 2 aromatic heterocycles. The predicted octanol–water partition coefficient (Wildman–Crippen LogP) is 2.25. The van der Waals surface area contributed by atoms with Crippen LogP contribution in [-0.2, 0) is 6.54 Å². The smallest absolute Gasteiger partial charge is 0.261 e. The molecule has 3 heterocycles. The number of piperidine rings is 1. The molecule has 4 rings (SSSR count). The van der Waals surface area contributed by atoms with Crippen molar-refractivity contribution in [3.8, 4) is 5.88 Å². The molecule has 8 heteroatoms. The number of methoxy groups -OCH3 is 1. The van der Waals surface area contributed by atoms with Gasteiger partial charge in [-0.15, -0.1) is 0 Å². The molecule has 140 valence electrons. The Bertz CT molecular complexity index is 1010. The van der Waals surface area contributed by atoms with Crippen molar-refractivity contribution < 1.29 is 9.13 Å². The van der Waals surface area contributed by atoms with Crippen molar-refractivity contribution in [3.63, 3.8) is 0 Å². The minimum absolute atomic E-state index is 0.126. The van der Waals surface area contributed by atoms with Crippen molar-refractivity contribution in [2.45, 2.75) is 19.4 Å². The van der Waals surface area contributed by atoms with E-state index in [1.807, 2.05) is 0 Å². The van der Waals surface area contributed by atoms with Crippen LogP contribution in [0.5, 0.6) is 5.88 Å². The normalized spacial score (nSPS) is 15.3. The Hall–Kier alpha value is -3.03. The van der Waals surface area contributed by atoms with Crippen molar-refractivity contribution in [2.24, 2.45) is 5.92 Å². The van der Waals surface area contributed by atoms with Gasteiger partial charge in [0.15, 0.2) is 0 Å². The predicted molar refractivity (Wildman–Crippen MR) is 99.5 cm³/mol. The van der Waals surface area contributed by atoms with Crippen LogP contribution < -0.4 is 15.2 Å². The average molecular weight is 369 g/mol. The molecule has 7 nitrogen and oxygen atoms in total. The van der Waals surface area contributed by atoms with Crippen LogP contribution in [0.3, 0.4) is 0 Å². The van der Waals surface area contributed by atoms with Crippen molar-refractivity contribution in [1.82, 2.24) is 19.5 Å². The third-order valence-electron chi connectivity index (χ3n) is 4.97. The lowest BCUT2D eigenvalue weighted by atomic mass is 9.97. The molecule has 0 unspecified atom stereocenters. The molecule has 1 aromatic carbocycles. The van der Waals surface area contributed by atoms with E-state index in [0.29, 0.717) is 35.2 Å². The Morgan fingerprint density at radius 1 is 1.22 bits per heavy atom. The molecule has 0 amide bonds. The number of benzene rings is 1. The molecule has 0 bridgehead atoms. The van der Waals surface area contributed by atoms with Crippen LogP contribution in [0.25, 0.3) is 10.9 Å². The third-order valence-corrected chi connectivity index (χ3v) is 4.97. The van der Waals surface area contributed by atoms with E-state index >= 15 is 0 Å². The van der Waals surface area contributed by atoms with Crippen LogP contribution in [-0.4, -0.2) is 39.7 Å². The number of hydrogen-bond acceptors (Lipinski definition) is 6. The molecule has 27 heavy (non-hydrogen) atoms. The molecular weight excluding hydrogens is 349 g/mol. The van der Waals surface area contributed by atoms with E-state index < -0.39 is 0 Å². The molecule has 0 spiro atoms. The summed E-state index contributed by atoms with van der Waals surface area (Å²) in [5.74, 6) is 1.19. The molecule has 3 aromatic rings. The molecule has 1 saturated heterocycles. The Balaban J connectivity index is 1.45. The summed E-state index contributed by atoms with van der Waals surface area (Å²) in [7, 11) is 1.59. The minimum Gasteiger partial charge on any atom is -0.481 e. The Kier molecular flexibility index (Phi) is 4.70. The SMILES string of the molecule is COc1ccnc(N2CCC(Cn3cnc4cc(F)ccc4c3=O)CC2)n1. The zero-order valence-corrected chi connectivity index (χ0v) is 15.0. The van der Waals surface area contributed by atoms with Gasteiger partial charge in [-0.1, -0.05) is 0 Å². The van der Waals surface area contributed by atoms with Crippen molar-refractivity contribution in [1.29, 1.82) is 0 Å². The zero-order chi connectivity index (χ0) is 18.8. The minimum atomic E-state index is -0.390. The van der Waals surface area contributed by atoms with Gasteiger partial charge in [-0.25, -0.2) is 14.4 Å². The van der Waals surface area contributed by atoms with Crippen LogP contribution >= 0.6 is 0 Å². The fraction of sp³-hybridized carbons (Fsp3) is 0.368. The number of anilines is 1. The van der Waals surface area contributed by atoms with Crippen LogP contribution in [0.2, 0.25) is 0 Å². The third kappa shape index (κ3) is 3.60. The van der Waals surface area contributed by atoms with Gasteiger partial charge in [0.2, 0.25) is 11.8 Å². The zero-order valence-electron chi connectivity index (χ0n) is 15.0. The van der Waals surface area contributed by atoms with Gasteiger partial charge in [-0.3, -0.25) is 9.36 Å². The highest BCUT2D eigenvalue weighted by molar-refractivity contribution is 5.77. The molecule has 0 atom stereocenters. The highest BCUT2D eigenvalue weighted by Gasteiger charge is 2.22. The maximum atomic E-state index is 13.3. The lowest BCUT2D eigenvalue weighted by Gasteiger charge is -2.32. The lowest BCUT2D eigenvalue weighted by Crippen LogP contribution is -2.37. The summed E-state index contributed by atoms with van der Waals surface area (Å²) < 4.78 is 20.1. The van der Waals surface area contributed by atoms with Gasteiger partial charge in [-0.05, 0) is 30.9 Å². The largest absolute Gasteiger partial charge is 0.481 e. The quantitative estimate of drug-likeness (QED) is 0.702. The number of rotatable bonds is 4. The summed E-state index contributed by atoms with van der Waals surface area (Å²) >= 11 is 0. The van der Waals surface area contributed by atoms with Crippen LogP contribution in [0.15, 0.2) is 41.6 Å². The molecule has 0 N–H and O–H groups in total. The Labute approximate surface area is 155 Å². The topological polar surface area (TPSA) is 73.1 Å². The van der Waals surface area contributed by atoms with Gasteiger partial charge in [-0.2, -0.15) is 4.98 Å². The highest BCUT2D eigenvalue weighted by Crippen LogP contribution is 2.23. The van der Waals surface area contributed by atoms with E-state index in [2.05, 4.69) is 19.9 Å². The van der Waals surface area contributed by atoms with Crippen molar-refractivity contribution >= 4 is 16.9 Å². The summed E-state index contributed by atoms with van der Waals surface area (Å²) in [5, 5.41) is 0.445. The van der Waals surface area contributed by atoms with Gasteiger partial charge in [0.1, 0.15) is 5.82 Å². The summed E-state index contributed by atoms with van der Waals surface area (Å²) in [6, 6.07) is 5.80. The van der Waals surface area contributed by atoms with Crippen LogP contribution in [0, 0.1) is 11.7 Å². The first kappa shape index (κ1) is 17.4. The number of ether oxygens (including phenoxy) is 1. The van der Waals surface area contributed by atoms with E-state index in [4.69, 9.17) is 4.74 Å². The number of halogens is 1. The first-order chi connectivity index (χ1) is 13.1. The van der Waals surface area contributed by atoms with Gasteiger partial charge in [0, 0.05) is 38.0 Å². The summed E-state index contributed by atoms with van der Waals surface area (Å²) in [6.45, 7) is 2.24. The van der Waals surface area contributed by atoms with Gasteiger partial charge in [0.05, 0.1) is 24.3 Å². The number of hydrogen-bond donors (Lipinski definition) is 0. The van der Waals surface area contributed by atoms with E-state index in [1.165, 1.54) is 24.5 Å². The summed E-state index contributed by atoms with van der Waals surface area (Å²) in [6.07, 6.45) is 5.06. The first-order valence-corrected chi connectivity index (χ1v) is 8.91. The van der Waals surface area contributed by atoms with Crippen molar-refractivity contribution in [2.75, 3.05) is 25.1 Å². The van der Waals surface area contributed by atoms with Crippen molar-refractivity contribution in [3.05, 3.63) is 53.0 Å². The van der Waals surface area contributed by atoms with E-state index in [9.17, 15) is 9.18 Å². The summed E-state index contributed by atoms with van der Waals surface area (Å²) in [5.41, 5.74) is 0.264. The number of nitrogens with zero attached hydrogens (tertiary/aromatic N) is 5. The second kappa shape index (κ2) is 7.30. The van der Waals surface area contributed by atoms with Gasteiger partial charge in [0.25, 0.3) is 5.56 Å². The molecule has 1 aliphatic heterocycles. The maximum Gasteiger partial charge on any atom is 0.261 e. The highest BCUT2D eigenvalue weighted by atomic mass is 19.1. The summed E-state index contributed by atoms with van der Waals surface area (Å²) in [4.78, 5) is 27.7. The van der Waals surface area contributed by atoms with Crippen LogP contribution in [0.1, 0.15) is 12.8 Å². The molecular formula is C19H20FN5O2. The second-order valence-electron chi connectivity index (χ2n) is 6.69. The first-order valence-electron chi connectivity index (χ1n) is 8.91. The molecule has 0 saturated carbocycles. The fourth-order valence-corrected chi connectivity index (χ4v) is 3.45. The number of aromatic nitrogens is 4. The molecule has 1 aliphatic rings. The molecule has 0 radical (unpaired) electrons. The van der Waals surface area contributed by atoms with E-state index in [1.54, 1.807) is 23.9 Å². The maximum absolute atomic E-state index is 13.3. The fourth-order valence-electron chi connectivity index (χ4n) is 3.45. The Morgan fingerprint density at radius 3 is 2.81 bits per heavy atom. The monoisotopic (exact) mass is 369 g/mol. The van der Waals surface area contributed by atoms with Gasteiger partial charge >= 0.3 is 0 Å². The van der Waals surface area contributed by atoms with Gasteiger partial charge < -0.3 is 9.64 Å².